The van der Waals surface area contributed by atoms with Gasteiger partial charge in [-0.25, -0.2) is 9.78 Å². The zero-order valence-electron chi connectivity index (χ0n) is 24.7. The van der Waals surface area contributed by atoms with Gasteiger partial charge in [0, 0.05) is 41.8 Å². The Hall–Kier alpha value is -4.97. The van der Waals surface area contributed by atoms with Crippen LogP contribution in [-0.4, -0.2) is 67.9 Å². The molecule has 0 saturated heterocycles. The van der Waals surface area contributed by atoms with Crippen molar-refractivity contribution in [3.8, 4) is 0 Å². The van der Waals surface area contributed by atoms with Gasteiger partial charge in [0.25, 0.3) is 0 Å². The SMILES string of the molecule is CC(C)CC(NC(=O)C(Cc1cnc[nH]1)NC(=O)C(Cc1c[nH]c2ccccc12)NC(=O)C(N)Cc1ccccc1)C(=O)O. The summed E-state index contributed by atoms with van der Waals surface area (Å²) >= 11 is 0. The molecule has 12 nitrogen and oxygen atoms in total. The third kappa shape index (κ3) is 8.77. The maximum Gasteiger partial charge on any atom is 0.326 e. The summed E-state index contributed by atoms with van der Waals surface area (Å²) in [6.07, 6.45) is 5.35. The van der Waals surface area contributed by atoms with Crippen molar-refractivity contribution in [2.24, 2.45) is 11.7 Å². The number of H-pyrrole nitrogens is 2. The Bertz CT molecular complexity index is 1550. The zero-order chi connectivity index (χ0) is 31.6. The van der Waals surface area contributed by atoms with Gasteiger partial charge >= 0.3 is 5.97 Å². The smallest absolute Gasteiger partial charge is 0.326 e. The third-order valence-corrected chi connectivity index (χ3v) is 7.30. The predicted molar refractivity (Wildman–Crippen MR) is 165 cm³/mol. The first kappa shape index (κ1) is 32.0. The fourth-order valence-corrected chi connectivity index (χ4v) is 5.03. The zero-order valence-corrected chi connectivity index (χ0v) is 24.7. The molecule has 4 rings (SSSR count). The molecule has 2 heterocycles. The number of imidazole rings is 1. The summed E-state index contributed by atoms with van der Waals surface area (Å²) in [5.74, 6) is -2.97. The Morgan fingerprint density at radius 1 is 0.818 bits per heavy atom. The van der Waals surface area contributed by atoms with Gasteiger partial charge < -0.3 is 36.8 Å². The summed E-state index contributed by atoms with van der Waals surface area (Å²) < 4.78 is 0. The number of aliphatic carboxylic acids is 1. The van der Waals surface area contributed by atoms with Crippen molar-refractivity contribution in [2.45, 2.75) is 63.7 Å². The van der Waals surface area contributed by atoms with Crippen molar-refractivity contribution in [2.75, 3.05) is 0 Å². The maximum absolute atomic E-state index is 13.9. The summed E-state index contributed by atoms with van der Waals surface area (Å²) in [6.45, 7) is 3.71. The molecule has 0 bridgehead atoms. The molecule has 0 aliphatic rings. The van der Waals surface area contributed by atoms with E-state index >= 15 is 0 Å². The van der Waals surface area contributed by atoms with E-state index in [0.29, 0.717) is 5.69 Å². The number of para-hydroxylation sites is 1. The Labute approximate surface area is 255 Å². The summed E-state index contributed by atoms with van der Waals surface area (Å²) in [4.78, 5) is 62.5. The van der Waals surface area contributed by atoms with Gasteiger partial charge in [-0.1, -0.05) is 62.4 Å². The first-order valence-corrected chi connectivity index (χ1v) is 14.6. The number of carbonyl (C=O) groups is 4. The minimum atomic E-state index is -1.17. The van der Waals surface area contributed by atoms with Gasteiger partial charge in [0.15, 0.2) is 0 Å². The Morgan fingerprint density at radius 3 is 2.11 bits per heavy atom. The molecular formula is C32H39N7O5. The predicted octanol–water partition coefficient (Wildman–Crippen LogP) is 1.83. The number of carboxylic acids is 1. The van der Waals surface area contributed by atoms with Gasteiger partial charge in [-0.2, -0.15) is 0 Å². The number of hydrogen-bond acceptors (Lipinski definition) is 6. The monoisotopic (exact) mass is 601 g/mol. The number of nitrogens with two attached hydrogens (primary N) is 1. The van der Waals surface area contributed by atoms with Crippen LogP contribution in [0.25, 0.3) is 10.9 Å². The van der Waals surface area contributed by atoms with E-state index in [0.717, 1.165) is 22.0 Å². The molecule has 0 aliphatic heterocycles. The number of carbonyl (C=O) groups excluding carboxylic acids is 3. The van der Waals surface area contributed by atoms with Crippen molar-refractivity contribution >= 4 is 34.6 Å². The molecule has 44 heavy (non-hydrogen) atoms. The number of carboxylic acid groups (broad SMARTS) is 1. The summed E-state index contributed by atoms with van der Waals surface area (Å²) in [5.41, 5.74) is 9.33. The van der Waals surface area contributed by atoms with Crippen LogP contribution in [0.15, 0.2) is 73.3 Å². The second-order valence-corrected chi connectivity index (χ2v) is 11.3. The lowest BCUT2D eigenvalue weighted by molar-refractivity contribution is -0.142. The number of rotatable bonds is 15. The van der Waals surface area contributed by atoms with E-state index in [4.69, 9.17) is 5.73 Å². The van der Waals surface area contributed by atoms with Crippen LogP contribution in [0.5, 0.6) is 0 Å². The van der Waals surface area contributed by atoms with E-state index < -0.39 is 47.9 Å². The lowest BCUT2D eigenvalue weighted by Crippen LogP contribution is -2.58. The average Bonchev–Trinajstić information content (AvgIpc) is 3.66. The largest absolute Gasteiger partial charge is 0.480 e. The van der Waals surface area contributed by atoms with E-state index in [9.17, 15) is 24.3 Å². The van der Waals surface area contributed by atoms with Gasteiger partial charge in [-0.15, -0.1) is 0 Å². The normalized spacial score (nSPS) is 14.0. The number of nitrogens with zero attached hydrogens (tertiary/aromatic N) is 1. The van der Waals surface area contributed by atoms with Crippen LogP contribution in [0, 0.1) is 5.92 Å². The average molecular weight is 602 g/mol. The minimum absolute atomic E-state index is 0.00732. The van der Waals surface area contributed by atoms with Crippen LogP contribution < -0.4 is 21.7 Å². The number of nitrogens with one attached hydrogen (secondary N) is 5. The van der Waals surface area contributed by atoms with E-state index in [1.54, 1.807) is 6.20 Å². The highest BCUT2D eigenvalue weighted by atomic mass is 16.4. The van der Waals surface area contributed by atoms with Crippen LogP contribution in [0.4, 0.5) is 0 Å². The lowest BCUT2D eigenvalue weighted by Gasteiger charge is -2.25. The Balaban J connectivity index is 1.57. The molecule has 232 valence electrons. The number of aromatic nitrogens is 3. The Kier molecular flexibility index (Phi) is 10.9. The van der Waals surface area contributed by atoms with Crippen molar-refractivity contribution in [3.63, 3.8) is 0 Å². The molecule has 4 unspecified atom stereocenters. The Morgan fingerprint density at radius 2 is 1.45 bits per heavy atom. The van der Waals surface area contributed by atoms with Crippen LogP contribution in [0.1, 0.15) is 37.1 Å². The standard InChI is InChI=1S/C32H39N7O5/c1-19(2)12-28(32(43)44)39-31(42)27(15-22-17-34-18-36-22)38-30(41)26(14-21-16-35-25-11-7-6-10-23(21)25)37-29(40)24(33)13-20-8-4-3-5-9-20/h3-11,16-19,24,26-28,35H,12-15,33H2,1-2H3,(H,34,36)(H,37,40)(H,38,41)(H,39,42)(H,43,44). The third-order valence-electron chi connectivity index (χ3n) is 7.30. The summed E-state index contributed by atoms with van der Waals surface area (Å²) in [5, 5.41) is 18.7. The molecule has 0 fully saturated rings. The fourth-order valence-electron chi connectivity index (χ4n) is 5.03. The molecular weight excluding hydrogens is 562 g/mol. The van der Waals surface area contributed by atoms with Crippen molar-refractivity contribution < 1.29 is 24.3 Å². The van der Waals surface area contributed by atoms with Gasteiger partial charge in [-0.05, 0) is 36.0 Å². The molecule has 2 aromatic carbocycles. The van der Waals surface area contributed by atoms with E-state index in [1.807, 2.05) is 68.4 Å². The number of amides is 3. The van der Waals surface area contributed by atoms with Crippen molar-refractivity contribution in [3.05, 3.63) is 90.1 Å². The number of hydrogen-bond donors (Lipinski definition) is 7. The molecule has 0 saturated carbocycles. The second-order valence-electron chi connectivity index (χ2n) is 11.3. The molecule has 0 radical (unpaired) electrons. The molecule has 0 aliphatic carbocycles. The van der Waals surface area contributed by atoms with Gasteiger partial charge in [-0.3, -0.25) is 14.4 Å². The number of benzene rings is 2. The summed E-state index contributed by atoms with van der Waals surface area (Å²) in [7, 11) is 0. The fraction of sp³-hybridized carbons (Fsp3) is 0.344. The van der Waals surface area contributed by atoms with E-state index in [1.165, 1.54) is 12.5 Å². The molecule has 8 N–H and O–H groups in total. The highest BCUT2D eigenvalue weighted by molar-refractivity contribution is 5.95. The molecule has 0 spiro atoms. The van der Waals surface area contributed by atoms with E-state index in [-0.39, 0.29) is 31.6 Å². The van der Waals surface area contributed by atoms with Crippen LogP contribution in [0.3, 0.4) is 0 Å². The first-order valence-electron chi connectivity index (χ1n) is 14.6. The molecule has 12 heteroatoms. The van der Waals surface area contributed by atoms with Crippen LogP contribution in [0.2, 0.25) is 0 Å². The molecule has 4 aromatic rings. The first-order chi connectivity index (χ1) is 21.1. The van der Waals surface area contributed by atoms with Crippen molar-refractivity contribution in [1.82, 2.24) is 30.9 Å². The highest BCUT2D eigenvalue weighted by Crippen LogP contribution is 2.19. The second kappa shape index (κ2) is 15.0. The molecule has 2 aromatic heterocycles. The van der Waals surface area contributed by atoms with Crippen LogP contribution >= 0.6 is 0 Å². The van der Waals surface area contributed by atoms with Crippen molar-refractivity contribution in [1.29, 1.82) is 0 Å². The van der Waals surface area contributed by atoms with Gasteiger partial charge in [0.1, 0.15) is 18.1 Å². The van der Waals surface area contributed by atoms with Gasteiger partial charge in [0.2, 0.25) is 17.7 Å². The number of aromatic amines is 2. The molecule has 4 atom stereocenters. The number of fused-ring (bicyclic) bond motifs is 1. The lowest BCUT2D eigenvalue weighted by atomic mass is 10.0. The summed E-state index contributed by atoms with van der Waals surface area (Å²) in [6, 6.07) is 12.6. The van der Waals surface area contributed by atoms with E-state index in [2.05, 4.69) is 30.9 Å². The molecule has 3 amide bonds. The minimum Gasteiger partial charge on any atom is -0.480 e. The highest BCUT2D eigenvalue weighted by Gasteiger charge is 2.31. The van der Waals surface area contributed by atoms with Crippen LogP contribution in [-0.2, 0) is 38.4 Å². The van der Waals surface area contributed by atoms with Gasteiger partial charge in [0.05, 0.1) is 12.4 Å². The maximum atomic E-state index is 13.9. The quantitative estimate of drug-likeness (QED) is 0.108. The topological polar surface area (TPSA) is 195 Å².